The maximum Gasteiger partial charge on any atom is 0.224 e. The molecule has 0 radical (unpaired) electrons. The number of azide groups is 1. The summed E-state index contributed by atoms with van der Waals surface area (Å²) in [4.78, 5) is 14.8. The number of halogens is 1. The van der Waals surface area contributed by atoms with Gasteiger partial charge in [-0.2, -0.15) is 9.97 Å². The Balaban J connectivity index is 2.05. The molecule has 116 valence electrons. The molecular weight excluding hydrogens is 405 g/mol. The Labute approximate surface area is 137 Å². The number of aromatic nitrogens is 4. The van der Waals surface area contributed by atoms with Crippen molar-refractivity contribution in [2.45, 2.75) is 24.5 Å². The van der Waals surface area contributed by atoms with Crippen LogP contribution in [0.25, 0.3) is 21.6 Å². The van der Waals surface area contributed by atoms with Gasteiger partial charge >= 0.3 is 0 Å². The van der Waals surface area contributed by atoms with E-state index in [2.05, 4.69) is 25.0 Å². The zero-order valence-corrected chi connectivity index (χ0v) is 13.3. The van der Waals surface area contributed by atoms with E-state index in [1.807, 2.05) is 22.6 Å². The van der Waals surface area contributed by atoms with Crippen molar-refractivity contribution in [2.75, 3.05) is 15.9 Å². The number of hydrogen-bond donors (Lipinski definition) is 3. The summed E-state index contributed by atoms with van der Waals surface area (Å²) in [6.07, 6.45) is 0.150. The third-order valence-electron chi connectivity index (χ3n) is 3.47. The molecule has 0 amide bonds. The maximum absolute atomic E-state index is 10.2. The smallest absolute Gasteiger partial charge is 0.224 e. The Morgan fingerprint density at radius 1 is 1.59 bits per heavy atom. The number of nitrogens with two attached hydrogens (primary N) is 2. The fourth-order valence-electron chi connectivity index (χ4n) is 2.39. The number of ether oxygens (including phenoxy) is 1. The van der Waals surface area contributed by atoms with Crippen LogP contribution >= 0.6 is 22.6 Å². The van der Waals surface area contributed by atoms with E-state index in [0.717, 1.165) is 0 Å². The molecule has 1 aliphatic rings. The highest BCUT2D eigenvalue weighted by molar-refractivity contribution is 14.1. The van der Waals surface area contributed by atoms with Crippen LogP contribution in [0.3, 0.4) is 0 Å². The van der Waals surface area contributed by atoms with Crippen molar-refractivity contribution in [1.29, 1.82) is 0 Å². The second-order valence-electron chi connectivity index (χ2n) is 4.78. The number of fused-ring (bicyclic) bond motifs is 1. The molecule has 3 atom stereocenters. The first-order valence-corrected chi connectivity index (χ1v) is 7.77. The van der Waals surface area contributed by atoms with Crippen LogP contribution < -0.4 is 11.5 Å². The van der Waals surface area contributed by atoms with Gasteiger partial charge in [0.05, 0.1) is 12.4 Å². The van der Waals surface area contributed by atoms with Gasteiger partial charge in [0.2, 0.25) is 5.95 Å². The Kier molecular flexibility index (Phi) is 3.68. The average molecular weight is 417 g/mol. The Morgan fingerprint density at radius 3 is 3.05 bits per heavy atom. The molecule has 22 heavy (non-hydrogen) atoms. The SMILES string of the molecule is [N-]=[N+]=N[C@]1(CI)O[C@@H](n2cnc3c(N)nc(N)nc32)C[C@@H]1O. The number of imidazole rings is 1. The molecule has 1 aliphatic heterocycles. The van der Waals surface area contributed by atoms with Crippen LogP contribution in [-0.4, -0.2) is 40.9 Å². The lowest BCUT2D eigenvalue weighted by Gasteiger charge is -2.24. The minimum Gasteiger partial charge on any atom is -0.390 e. The minimum absolute atomic E-state index is 0.0143. The van der Waals surface area contributed by atoms with Gasteiger partial charge in [0.1, 0.15) is 11.7 Å². The summed E-state index contributed by atoms with van der Waals surface area (Å²) in [5.41, 5.74) is 19.5. The van der Waals surface area contributed by atoms with Crippen molar-refractivity contribution in [3.63, 3.8) is 0 Å². The summed E-state index contributed by atoms with van der Waals surface area (Å²) < 4.78 is 7.68. The molecule has 0 saturated carbocycles. The van der Waals surface area contributed by atoms with Crippen molar-refractivity contribution >= 4 is 45.5 Å². The molecule has 1 saturated heterocycles. The largest absolute Gasteiger partial charge is 0.390 e. The Morgan fingerprint density at radius 2 is 2.36 bits per heavy atom. The predicted molar refractivity (Wildman–Crippen MR) is 85.7 cm³/mol. The minimum atomic E-state index is -1.32. The van der Waals surface area contributed by atoms with Gasteiger partial charge in [0.15, 0.2) is 17.2 Å². The fourth-order valence-corrected chi connectivity index (χ4v) is 3.23. The van der Waals surface area contributed by atoms with Crippen LogP contribution in [0.2, 0.25) is 0 Å². The molecule has 3 heterocycles. The van der Waals surface area contributed by atoms with Gasteiger partial charge in [-0.1, -0.05) is 27.7 Å². The van der Waals surface area contributed by atoms with Crippen LogP contribution in [0.1, 0.15) is 12.6 Å². The zero-order chi connectivity index (χ0) is 15.9. The lowest BCUT2D eigenvalue weighted by atomic mass is 10.1. The second-order valence-corrected chi connectivity index (χ2v) is 5.55. The molecule has 2 aromatic rings. The number of rotatable bonds is 3. The molecule has 0 aromatic carbocycles. The second kappa shape index (κ2) is 5.39. The molecule has 11 nitrogen and oxygen atoms in total. The van der Waals surface area contributed by atoms with Crippen molar-refractivity contribution in [1.82, 2.24) is 19.5 Å². The molecule has 0 unspecified atom stereocenters. The van der Waals surface area contributed by atoms with E-state index in [0.29, 0.717) is 15.6 Å². The van der Waals surface area contributed by atoms with Crippen LogP contribution in [0, 0.1) is 0 Å². The molecule has 12 heteroatoms. The van der Waals surface area contributed by atoms with Crippen LogP contribution in [-0.2, 0) is 4.74 Å². The van der Waals surface area contributed by atoms with E-state index >= 15 is 0 Å². The number of alkyl halides is 1. The van der Waals surface area contributed by atoms with Crippen LogP contribution in [0.15, 0.2) is 11.4 Å². The van der Waals surface area contributed by atoms with Crippen LogP contribution in [0.5, 0.6) is 0 Å². The number of aliphatic hydroxyl groups is 1. The number of nitrogens with zero attached hydrogens (tertiary/aromatic N) is 7. The van der Waals surface area contributed by atoms with Gasteiger partial charge in [-0.15, -0.1) is 0 Å². The third kappa shape index (κ3) is 2.20. The molecule has 0 aliphatic carbocycles. The average Bonchev–Trinajstić information content (AvgIpc) is 3.02. The first-order chi connectivity index (χ1) is 10.5. The summed E-state index contributed by atoms with van der Waals surface area (Å²) >= 11 is 2.00. The van der Waals surface area contributed by atoms with Gasteiger partial charge in [0.25, 0.3) is 0 Å². The number of anilines is 2. The summed E-state index contributed by atoms with van der Waals surface area (Å²) in [5, 5.41) is 13.8. The van der Waals surface area contributed by atoms with Gasteiger partial charge in [0, 0.05) is 15.8 Å². The number of nitrogen functional groups attached to an aromatic ring is 2. The highest BCUT2D eigenvalue weighted by Gasteiger charge is 2.48. The van der Waals surface area contributed by atoms with E-state index in [-0.39, 0.29) is 18.2 Å². The first kappa shape index (κ1) is 15.0. The summed E-state index contributed by atoms with van der Waals surface area (Å²) in [6.45, 7) is 0. The number of aliphatic hydroxyl groups excluding tert-OH is 1. The van der Waals surface area contributed by atoms with Gasteiger partial charge in [-0.25, -0.2) is 4.98 Å². The van der Waals surface area contributed by atoms with E-state index in [4.69, 9.17) is 21.7 Å². The first-order valence-electron chi connectivity index (χ1n) is 6.24. The van der Waals surface area contributed by atoms with E-state index in [1.165, 1.54) is 6.33 Å². The third-order valence-corrected chi connectivity index (χ3v) is 4.56. The fraction of sp³-hybridized carbons (Fsp3) is 0.500. The van der Waals surface area contributed by atoms with Gasteiger partial charge in [-0.3, -0.25) is 4.57 Å². The lowest BCUT2D eigenvalue weighted by molar-refractivity contribution is -0.0795. The Bertz CT molecular complexity index is 773. The molecule has 3 rings (SSSR count). The van der Waals surface area contributed by atoms with E-state index in [9.17, 15) is 5.11 Å². The van der Waals surface area contributed by atoms with E-state index in [1.54, 1.807) is 4.57 Å². The monoisotopic (exact) mass is 417 g/mol. The standard InChI is InChI=1S/C10H12IN9O2/c11-2-10(18-19-14)4(21)1-5(22-10)20-3-15-6-7(12)16-9(13)17-8(6)20/h3-5,21H,1-2H2,(H4,12,13,16,17)/t4-,5+,10+/m0/s1. The topological polar surface area (TPSA) is 174 Å². The summed E-state index contributed by atoms with van der Waals surface area (Å²) in [5.74, 6) is 0.176. The highest BCUT2D eigenvalue weighted by Crippen LogP contribution is 2.40. The maximum atomic E-state index is 10.2. The van der Waals surface area contributed by atoms with Crippen molar-refractivity contribution < 1.29 is 9.84 Å². The van der Waals surface area contributed by atoms with E-state index < -0.39 is 18.1 Å². The van der Waals surface area contributed by atoms with Crippen molar-refractivity contribution in [3.05, 3.63) is 16.8 Å². The van der Waals surface area contributed by atoms with Crippen molar-refractivity contribution in [3.8, 4) is 0 Å². The normalized spacial score (nSPS) is 27.9. The quantitative estimate of drug-likeness (QED) is 0.217. The summed E-state index contributed by atoms with van der Waals surface area (Å²) in [7, 11) is 0. The zero-order valence-electron chi connectivity index (χ0n) is 11.2. The van der Waals surface area contributed by atoms with Crippen molar-refractivity contribution in [2.24, 2.45) is 5.11 Å². The predicted octanol–water partition coefficient (Wildman–Crippen LogP) is 0.712. The molecular formula is C10H12IN9O2. The number of hydrogen-bond acceptors (Lipinski definition) is 8. The molecule has 2 aromatic heterocycles. The molecule has 0 bridgehead atoms. The molecule has 5 N–H and O–H groups in total. The summed E-state index contributed by atoms with van der Waals surface area (Å²) in [6, 6.07) is 0. The van der Waals surface area contributed by atoms with Gasteiger partial charge < -0.3 is 21.3 Å². The van der Waals surface area contributed by atoms with Crippen LogP contribution in [0.4, 0.5) is 11.8 Å². The molecule has 0 spiro atoms. The Hall–Kier alpha value is -1.89. The highest BCUT2D eigenvalue weighted by atomic mass is 127. The van der Waals surface area contributed by atoms with Gasteiger partial charge in [-0.05, 0) is 5.53 Å². The lowest BCUT2D eigenvalue weighted by Crippen LogP contribution is -2.38. The molecule has 1 fully saturated rings.